The van der Waals surface area contributed by atoms with Gasteiger partial charge in [-0.15, -0.1) is 12.4 Å². The molecule has 0 saturated carbocycles. The van der Waals surface area contributed by atoms with Gasteiger partial charge in [0.25, 0.3) is 0 Å². The van der Waals surface area contributed by atoms with Crippen LogP contribution >= 0.6 is 12.4 Å². The molecule has 0 bridgehead atoms. The van der Waals surface area contributed by atoms with Crippen LogP contribution in [0.25, 0.3) is 0 Å². The molecule has 130 valence electrons. The number of carbonyl (C=O) groups excluding carboxylic acids is 2. The molecule has 0 atom stereocenters. The van der Waals surface area contributed by atoms with Gasteiger partial charge in [0.05, 0.1) is 6.54 Å². The van der Waals surface area contributed by atoms with Crippen LogP contribution in [-0.4, -0.2) is 43.9 Å². The predicted octanol–water partition coefficient (Wildman–Crippen LogP) is 2.43. The van der Waals surface area contributed by atoms with Gasteiger partial charge in [0, 0.05) is 19.2 Å². The summed E-state index contributed by atoms with van der Waals surface area (Å²) >= 11 is 0. The van der Waals surface area contributed by atoms with Crippen molar-refractivity contribution in [3.8, 4) is 0 Å². The molecule has 5 nitrogen and oxygen atoms in total. The first-order valence-electron chi connectivity index (χ1n) is 7.61. The van der Waals surface area contributed by atoms with E-state index in [1.54, 1.807) is 7.05 Å². The number of carbonyl (C=O) groups is 2. The lowest BCUT2D eigenvalue weighted by atomic mass is 10.1. The van der Waals surface area contributed by atoms with Crippen molar-refractivity contribution in [1.29, 1.82) is 0 Å². The molecule has 0 spiro atoms. The second-order valence-electron chi connectivity index (χ2n) is 5.78. The smallest absolute Gasteiger partial charge is 0.243 e. The highest BCUT2D eigenvalue weighted by molar-refractivity contribution is 5.95. The quantitative estimate of drug-likeness (QED) is 0.749. The Hall–Kier alpha value is -1.59. The van der Waals surface area contributed by atoms with Crippen molar-refractivity contribution in [1.82, 2.24) is 10.2 Å². The molecule has 0 heterocycles. The maximum atomic E-state index is 12.1. The minimum absolute atomic E-state index is 0. The fraction of sp³-hybridized carbons (Fsp3) is 0.529. The molecule has 0 radical (unpaired) electrons. The van der Waals surface area contributed by atoms with Crippen molar-refractivity contribution in [2.24, 2.45) is 0 Å². The average molecular weight is 342 g/mol. The molecule has 0 saturated heterocycles. The van der Waals surface area contributed by atoms with E-state index in [2.05, 4.69) is 10.6 Å². The molecule has 0 aromatic heterocycles. The van der Waals surface area contributed by atoms with Crippen molar-refractivity contribution in [2.75, 3.05) is 32.5 Å². The number of nitrogens with one attached hydrogen (secondary N) is 2. The third kappa shape index (κ3) is 7.01. The summed E-state index contributed by atoms with van der Waals surface area (Å²) in [5.41, 5.74) is 4.08. The minimum atomic E-state index is -0.167. The summed E-state index contributed by atoms with van der Waals surface area (Å²) in [6.45, 7) is 6.85. The molecule has 0 aliphatic heterocycles. The van der Waals surface area contributed by atoms with Gasteiger partial charge in [-0.2, -0.15) is 0 Å². The molecule has 0 fully saturated rings. The normalized spacial score (nSPS) is 9.96. The molecule has 6 heteroatoms. The van der Waals surface area contributed by atoms with E-state index < -0.39 is 0 Å². The molecule has 1 rings (SSSR count). The van der Waals surface area contributed by atoms with Gasteiger partial charge in [-0.3, -0.25) is 9.59 Å². The van der Waals surface area contributed by atoms with Crippen LogP contribution in [0, 0.1) is 20.8 Å². The van der Waals surface area contributed by atoms with E-state index in [4.69, 9.17) is 0 Å². The number of anilines is 1. The van der Waals surface area contributed by atoms with Crippen molar-refractivity contribution >= 4 is 29.9 Å². The SMILES string of the molecule is CNCCCC(=O)N(C)CC(=O)Nc1c(C)cc(C)cc1C.Cl. The number of hydrogen-bond donors (Lipinski definition) is 2. The van der Waals surface area contributed by atoms with Crippen LogP contribution in [0.1, 0.15) is 29.5 Å². The van der Waals surface area contributed by atoms with E-state index in [1.165, 1.54) is 10.5 Å². The Balaban J connectivity index is 0.00000484. The average Bonchev–Trinajstić information content (AvgIpc) is 2.42. The van der Waals surface area contributed by atoms with Crippen molar-refractivity contribution in [3.63, 3.8) is 0 Å². The number of rotatable bonds is 7. The number of hydrogen-bond acceptors (Lipinski definition) is 3. The van der Waals surface area contributed by atoms with Crippen LogP contribution < -0.4 is 10.6 Å². The van der Waals surface area contributed by atoms with Crippen molar-refractivity contribution < 1.29 is 9.59 Å². The number of likely N-dealkylation sites (N-methyl/N-ethyl adjacent to an activating group) is 1. The Labute approximate surface area is 145 Å². The summed E-state index contributed by atoms with van der Waals surface area (Å²) in [4.78, 5) is 25.5. The van der Waals surface area contributed by atoms with E-state index in [-0.39, 0.29) is 30.8 Å². The first-order chi connectivity index (χ1) is 10.3. The Morgan fingerprint density at radius 3 is 2.22 bits per heavy atom. The second kappa shape index (κ2) is 10.2. The summed E-state index contributed by atoms with van der Waals surface area (Å²) in [7, 11) is 3.52. The number of aryl methyl sites for hydroxylation is 3. The highest BCUT2D eigenvalue weighted by atomic mass is 35.5. The molecule has 23 heavy (non-hydrogen) atoms. The predicted molar refractivity (Wildman–Crippen MR) is 97.3 cm³/mol. The number of amides is 2. The Kier molecular flexibility index (Phi) is 9.53. The van der Waals surface area contributed by atoms with Gasteiger partial charge < -0.3 is 15.5 Å². The fourth-order valence-corrected chi connectivity index (χ4v) is 2.47. The maximum absolute atomic E-state index is 12.1. The highest BCUT2D eigenvalue weighted by Crippen LogP contribution is 2.21. The number of benzene rings is 1. The Bertz CT molecular complexity index is 524. The summed E-state index contributed by atoms with van der Waals surface area (Å²) < 4.78 is 0. The standard InChI is InChI=1S/C17H27N3O2.ClH/c1-12-9-13(2)17(14(3)10-12)19-15(21)11-20(5)16(22)7-6-8-18-4;/h9-10,18H,6-8,11H2,1-5H3,(H,19,21);1H. The molecular formula is C17H28ClN3O2. The summed E-state index contributed by atoms with van der Waals surface area (Å²) in [6.07, 6.45) is 1.23. The number of halogens is 1. The van der Waals surface area contributed by atoms with E-state index >= 15 is 0 Å². The third-order valence-corrected chi connectivity index (χ3v) is 3.57. The van der Waals surface area contributed by atoms with Gasteiger partial charge in [-0.1, -0.05) is 17.7 Å². The van der Waals surface area contributed by atoms with Crippen LogP contribution in [0.15, 0.2) is 12.1 Å². The second-order valence-corrected chi connectivity index (χ2v) is 5.78. The Morgan fingerprint density at radius 1 is 1.13 bits per heavy atom. The van der Waals surface area contributed by atoms with Crippen LogP contribution in [0.3, 0.4) is 0 Å². The van der Waals surface area contributed by atoms with Crippen LogP contribution in [0.2, 0.25) is 0 Å². The maximum Gasteiger partial charge on any atom is 0.243 e. The molecule has 1 aromatic carbocycles. The highest BCUT2D eigenvalue weighted by Gasteiger charge is 2.14. The molecule has 0 aliphatic carbocycles. The monoisotopic (exact) mass is 341 g/mol. The number of nitrogens with zero attached hydrogens (tertiary/aromatic N) is 1. The van der Waals surface area contributed by atoms with E-state index in [9.17, 15) is 9.59 Å². The lowest BCUT2D eigenvalue weighted by molar-refractivity contribution is -0.133. The first kappa shape index (κ1) is 21.4. The van der Waals surface area contributed by atoms with Gasteiger partial charge >= 0.3 is 0 Å². The zero-order chi connectivity index (χ0) is 16.7. The van der Waals surface area contributed by atoms with Crippen LogP contribution in [0.4, 0.5) is 5.69 Å². The molecule has 2 N–H and O–H groups in total. The minimum Gasteiger partial charge on any atom is -0.336 e. The van der Waals surface area contributed by atoms with Crippen molar-refractivity contribution in [2.45, 2.75) is 33.6 Å². The molecule has 2 amide bonds. The van der Waals surface area contributed by atoms with Gasteiger partial charge in [0.2, 0.25) is 11.8 Å². The summed E-state index contributed by atoms with van der Waals surface area (Å²) in [6, 6.07) is 4.07. The molecule has 0 aliphatic rings. The largest absolute Gasteiger partial charge is 0.336 e. The zero-order valence-corrected chi connectivity index (χ0v) is 15.5. The van der Waals surface area contributed by atoms with Gasteiger partial charge in [0.15, 0.2) is 0 Å². The van der Waals surface area contributed by atoms with Crippen LogP contribution in [0.5, 0.6) is 0 Å². The lowest BCUT2D eigenvalue weighted by Crippen LogP contribution is -2.35. The first-order valence-corrected chi connectivity index (χ1v) is 7.61. The van der Waals surface area contributed by atoms with Gasteiger partial charge in [-0.25, -0.2) is 0 Å². The van der Waals surface area contributed by atoms with E-state index in [0.717, 1.165) is 29.8 Å². The van der Waals surface area contributed by atoms with Gasteiger partial charge in [-0.05, 0) is 51.9 Å². The van der Waals surface area contributed by atoms with E-state index in [0.29, 0.717) is 6.42 Å². The van der Waals surface area contributed by atoms with Crippen molar-refractivity contribution in [3.05, 3.63) is 28.8 Å². The lowest BCUT2D eigenvalue weighted by Gasteiger charge is -2.18. The third-order valence-electron chi connectivity index (χ3n) is 3.57. The molecule has 1 aromatic rings. The Morgan fingerprint density at radius 2 is 1.70 bits per heavy atom. The molecular weight excluding hydrogens is 314 g/mol. The molecule has 0 unspecified atom stereocenters. The fourth-order valence-electron chi connectivity index (χ4n) is 2.47. The summed E-state index contributed by atoms with van der Waals surface area (Å²) in [5, 5.41) is 5.92. The summed E-state index contributed by atoms with van der Waals surface area (Å²) in [5.74, 6) is -0.178. The zero-order valence-electron chi connectivity index (χ0n) is 14.7. The van der Waals surface area contributed by atoms with Gasteiger partial charge in [0.1, 0.15) is 0 Å². The van der Waals surface area contributed by atoms with Crippen LogP contribution in [-0.2, 0) is 9.59 Å². The topological polar surface area (TPSA) is 61.4 Å². The van der Waals surface area contributed by atoms with E-state index in [1.807, 2.05) is 40.0 Å².